The fraction of sp³-hybridized carbons (Fsp3) is 0.314. The van der Waals surface area contributed by atoms with Crippen LogP contribution in [0.5, 0.6) is 0 Å². The summed E-state index contributed by atoms with van der Waals surface area (Å²) in [5.74, 6) is 1.71. The molecule has 0 bridgehead atoms. The summed E-state index contributed by atoms with van der Waals surface area (Å²) >= 11 is 0. The van der Waals surface area contributed by atoms with Gasteiger partial charge < -0.3 is 0 Å². The van der Waals surface area contributed by atoms with Crippen molar-refractivity contribution in [1.29, 1.82) is 0 Å². The Labute approximate surface area is 697 Å². The molecule has 113 heavy (non-hydrogen) atoms. The van der Waals surface area contributed by atoms with Crippen LogP contribution in [-0.2, 0) is 51.6 Å². The molecule has 8 nitrogen and oxygen atoms in total. The molecule has 15 aromatic rings. The lowest BCUT2D eigenvalue weighted by Gasteiger charge is -2.23. The minimum atomic E-state index is -2.31. The second kappa shape index (κ2) is 35.8. The Morgan fingerprint density at radius 2 is 0.664 bits per heavy atom. The first-order valence-electron chi connectivity index (χ1n) is 46.4. The van der Waals surface area contributed by atoms with Crippen molar-refractivity contribution in [2.45, 2.75) is 218 Å². The van der Waals surface area contributed by atoms with Crippen LogP contribution in [0.1, 0.15) is 234 Å². The summed E-state index contributed by atoms with van der Waals surface area (Å²) in [6.07, 6.45) is -2.81. The molecule has 8 aromatic heterocycles. The molecule has 0 radical (unpaired) electrons. The zero-order chi connectivity index (χ0) is 94.7. The average Bonchev–Trinajstić information content (AvgIpc) is 1.59. The van der Waals surface area contributed by atoms with Gasteiger partial charge in [-0.25, -0.2) is 9.97 Å². The van der Waals surface area contributed by atoms with E-state index >= 15 is 0 Å². The zero-order valence-corrected chi connectivity index (χ0v) is 70.0. The van der Waals surface area contributed by atoms with E-state index in [0.717, 1.165) is 78.3 Å². The van der Waals surface area contributed by atoms with Crippen LogP contribution in [0.25, 0.3) is 88.8 Å². The third-order valence-electron chi connectivity index (χ3n) is 19.3. The molecule has 0 aliphatic heterocycles. The van der Waals surface area contributed by atoms with Gasteiger partial charge in [0.1, 0.15) is 11.6 Å². The highest BCUT2D eigenvalue weighted by Crippen LogP contribution is 2.39. The maximum Gasteiger partial charge on any atom is 0.137 e. The van der Waals surface area contributed by atoms with Crippen molar-refractivity contribution >= 4 is 43.6 Å². The van der Waals surface area contributed by atoms with Gasteiger partial charge in [0.05, 0.1) is 44.8 Å². The summed E-state index contributed by atoms with van der Waals surface area (Å²) in [7, 11) is 0. The molecule has 0 saturated heterocycles. The van der Waals surface area contributed by atoms with Gasteiger partial charge in [0.25, 0.3) is 0 Å². The van der Waals surface area contributed by atoms with E-state index in [1.165, 1.54) is 45.9 Å². The first-order chi connectivity index (χ1) is 59.2. The lowest BCUT2D eigenvalue weighted by molar-refractivity contribution is 0.563. The van der Waals surface area contributed by atoms with Crippen LogP contribution in [0.2, 0.25) is 0 Å². The Balaban J connectivity index is 0.000000163. The molecule has 0 atom stereocenters. The monoisotopic (exact) mass is 1510 g/mol. The van der Waals surface area contributed by atoms with E-state index in [2.05, 4.69) is 219 Å². The Morgan fingerprint density at radius 3 is 1.06 bits per heavy atom. The van der Waals surface area contributed by atoms with Gasteiger partial charge in [-0.1, -0.05) is 340 Å². The topological polar surface area (TPSA) is 87.2 Å². The maximum absolute atomic E-state index is 7.89. The molecule has 0 saturated carbocycles. The molecular weight excluding hydrogens is 1370 g/mol. The molecule has 0 spiro atoms. The summed E-state index contributed by atoms with van der Waals surface area (Å²) in [5, 5.41) is 4.84. The zero-order valence-electron chi connectivity index (χ0n) is 85.0. The van der Waals surface area contributed by atoms with Crippen LogP contribution >= 0.6 is 0 Å². The second-order valence-electron chi connectivity index (χ2n) is 34.4. The summed E-state index contributed by atoms with van der Waals surface area (Å²) in [6.45, 7) is 34.9. The second-order valence-corrected chi connectivity index (χ2v) is 34.4. The van der Waals surface area contributed by atoms with Crippen molar-refractivity contribution in [3.63, 3.8) is 0 Å². The Morgan fingerprint density at radius 1 is 0.292 bits per heavy atom. The number of nitrogens with zero attached hydrogens (tertiary/aromatic N) is 8. The molecule has 0 fully saturated rings. The van der Waals surface area contributed by atoms with E-state index < -0.39 is 39.7 Å². The van der Waals surface area contributed by atoms with Crippen LogP contribution in [0.15, 0.2) is 267 Å². The van der Waals surface area contributed by atoms with Gasteiger partial charge in [-0.2, -0.15) is 0 Å². The fourth-order valence-corrected chi connectivity index (χ4v) is 13.8. The number of benzene rings is 7. The third-order valence-corrected chi connectivity index (χ3v) is 19.3. The SMILES string of the molecule is CC(C)(C)c1nc(-n2c3ccccc3c3ccccc32)ccc1-c1ccccc1.[2H]C([2H])(C)c1ccc(-c2ccccc2)c(C(C)(C)C)n1.[2H]C([2H])(C)c1ncccc1C(C)(C)C.[2H]C([2H])([2H])c1ccc(-c2ccccc2)nc1C(C)(C)C.[2H]C([2H])([2H])c1ccc(-n2c3ccccc3c3ccccc32)nc1C(C)(C)C.[2H]C([2H])([2H])c1ccc(C(C)(C)C)c(C([2H])([2H])C)n1. The van der Waals surface area contributed by atoms with E-state index in [0.29, 0.717) is 33.9 Å². The lowest BCUT2D eigenvalue weighted by atomic mass is 9.85. The smallest absolute Gasteiger partial charge is 0.137 e. The molecule has 0 aliphatic carbocycles. The third kappa shape index (κ3) is 20.7. The highest BCUT2D eigenvalue weighted by atomic mass is 15.1. The molecule has 0 amide bonds. The van der Waals surface area contributed by atoms with Gasteiger partial charge in [0.15, 0.2) is 0 Å². The van der Waals surface area contributed by atoms with Crippen LogP contribution in [-0.4, -0.2) is 39.0 Å². The van der Waals surface area contributed by atoms with Gasteiger partial charge in [0, 0.05) is 115 Å². The van der Waals surface area contributed by atoms with Crippen molar-refractivity contribution in [3.05, 3.63) is 335 Å². The van der Waals surface area contributed by atoms with E-state index in [1.54, 1.807) is 50.4 Å². The number of rotatable bonds is 8. The van der Waals surface area contributed by atoms with Crippen molar-refractivity contribution in [2.75, 3.05) is 0 Å². The maximum atomic E-state index is 7.89. The molecule has 0 aliphatic rings. The fourth-order valence-electron chi connectivity index (χ4n) is 13.8. The van der Waals surface area contributed by atoms with Crippen molar-refractivity contribution in [2.24, 2.45) is 0 Å². The van der Waals surface area contributed by atoms with Gasteiger partial charge in [-0.15, -0.1) is 0 Å². The molecule has 0 N–H and O–H groups in total. The highest BCUT2D eigenvalue weighted by molar-refractivity contribution is 6.10. The number of hydrogen-bond acceptors (Lipinski definition) is 6. The van der Waals surface area contributed by atoms with E-state index in [-0.39, 0.29) is 43.9 Å². The molecule has 0 unspecified atom stereocenters. The van der Waals surface area contributed by atoms with Crippen molar-refractivity contribution < 1.29 is 20.6 Å². The van der Waals surface area contributed by atoms with Crippen LogP contribution in [0.4, 0.5) is 0 Å². The summed E-state index contributed by atoms with van der Waals surface area (Å²) in [5.41, 5.74) is 16.5. The number of aryl methyl sites for hydroxylation is 6. The number of pyridine rings is 6. The van der Waals surface area contributed by atoms with Gasteiger partial charge >= 0.3 is 0 Å². The van der Waals surface area contributed by atoms with Gasteiger partial charge in [0.2, 0.25) is 0 Å². The molecule has 15 rings (SSSR count). The number of hydrogen-bond donors (Lipinski definition) is 0. The van der Waals surface area contributed by atoms with Gasteiger partial charge in [-0.05, 0) is 151 Å². The first-order valence-corrected chi connectivity index (χ1v) is 38.9. The highest BCUT2D eigenvalue weighted by Gasteiger charge is 2.27. The predicted molar refractivity (Wildman–Crippen MR) is 485 cm³/mol. The first kappa shape index (κ1) is 65.6. The summed E-state index contributed by atoms with van der Waals surface area (Å²) in [6, 6.07) is 86.2. The Hall–Kier alpha value is -11.0. The Kier molecular flexibility index (Phi) is 20.8. The predicted octanol–water partition coefficient (Wildman–Crippen LogP) is 28.1. The average molecular weight is 1510 g/mol. The standard InChI is InChI=1S/C27H24N2.C22H22N2.C17H21N.C16H19N.C12H19N.C11H17N/c1-27(2,3)26-20(19-11-5-4-6-12-19)17-18-25(28-26)29-23-15-9-7-13-21(23)22-14-8-10-16-24(22)29;1-15-13-14-20(23-21(15)22(2,3)4)24-18-11-7-5-9-16(18)17-10-6-8-12-19(17)24;1-5-14-11-12-15(13-9-7-6-8-10-13)16(18-14)17(2,3)4;1-12-10-11-14(13-8-6-5-7-9-13)17-15(12)16(2,3)4;1-6-11-10(12(3,4)5)8-7-9(2)13-11;1-5-10-9(11(2,3)4)7-6-8-12-10/h4-18H,1-3H3;5-14H,1-4H3;6-12H,5H2,1-4H3;5-11H,1-4H3;7-8H,6H2,1-5H3;6-8H,5H2,1-4H3/i;1D3;5D2;1D3;2D3,6D2;5D2. The molecule has 582 valence electrons. The minimum Gasteiger partial charge on any atom is -0.294 e. The summed E-state index contributed by atoms with van der Waals surface area (Å²) in [4.78, 5) is 27.5. The number of fused-ring (bicyclic) bond motifs is 6. The van der Waals surface area contributed by atoms with E-state index in [1.807, 2.05) is 159 Å². The van der Waals surface area contributed by atoms with Crippen LogP contribution in [0, 0.1) is 20.6 Å². The van der Waals surface area contributed by atoms with Gasteiger partial charge in [-0.3, -0.25) is 29.1 Å². The molecule has 7 aromatic carbocycles. The quantitative estimate of drug-likeness (QED) is 0.151. The number of para-hydroxylation sites is 4. The minimum absolute atomic E-state index is 0.0591. The molecule has 8 heterocycles. The number of aromatic nitrogens is 8. The molecular formula is C105H122N8. The van der Waals surface area contributed by atoms with Crippen molar-refractivity contribution in [3.8, 4) is 45.1 Å². The van der Waals surface area contributed by atoms with Crippen LogP contribution in [0.3, 0.4) is 0 Å². The largest absolute Gasteiger partial charge is 0.294 e. The van der Waals surface area contributed by atoms with Crippen molar-refractivity contribution in [1.82, 2.24) is 39.0 Å². The Bertz CT molecular complexity index is 6190. The van der Waals surface area contributed by atoms with E-state index in [9.17, 15) is 0 Å². The molecule has 8 heteroatoms. The summed E-state index contributed by atoms with van der Waals surface area (Å²) < 4.78 is 120. The normalized spacial score (nSPS) is 14.5. The lowest BCUT2D eigenvalue weighted by Crippen LogP contribution is -2.16. The van der Waals surface area contributed by atoms with Crippen LogP contribution < -0.4 is 0 Å². The van der Waals surface area contributed by atoms with E-state index in [4.69, 9.17) is 30.5 Å².